The first kappa shape index (κ1) is 21.7. The molecule has 31 heavy (non-hydrogen) atoms. The first-order chi connectivity index (χ1) is 15.1. The topological polar surface area (TPSA) is 49.9 Å². The van der Waals surface area contributed by atoms with E-state index in [1.54, 1.807) is 24.3 Å². The van der Waals surface area contributed by atoms with E-state index >= 15 is 0 Å². The zero-order valence-corrected chi connectivity index (χ0v) is 18.5. The summed E-state index contributed by atoms with van der Waals surface area (Å²) in [6.45, 7) is 3.64. The first-order valence-corrected chi connectivity index (χ1v) is 11.5. The standard InChI is InChI=1S/C25H29ClN2O3/c26-22-11-9-20(10-12-22)24(29)28-15-5-6-19(17-28)18-31-23-8-4-7-21(16-23)25(30)27-13-2-1-3-14-27/h4,7-12,16,19H,1-3,5-6,13-15,17-18H2. The van der Waals surface area contributed by atoms with Crippen LogP contribution in [0.25, 0.3) is 0 Å². The summed E-state index contributed by atoms with van der Waals surface area (Å²) in [5, 5.41) is 0.627. The summed E-state index contributed by atoms with van der Waals surface area (Å²) in [4.78, 5) is 29.4. The van der Waals surface area contributed by atoms with Gasteiger partial charge in [-0.15, -0.1) is 0 Å². The highest BCUT2D eigenvalue weighted by Crippen LogP contribution is 2.22. The molecule has 6 heteroatoms. The number of piperidine rings is 2. The summed E-state index contributed by atoms with van der Waals surface area (Å²) in [5.41, 5.74) is 1.34. The largest absolute Gasteiger partial charge is 0.493 e. The van der Waals surface area contributed by atoms with Gasteiger partial charge in [-0.1, -0.05) is 17.7 Å². The van der Waals surface area contributed by atoms with E-state index in [-0.39, 0.29) is 17.7 Å². The van der Waals surface area contributed by atoms with Crippen LogP contribution in [0, 0.1) is 5.92 Å². The van der Waals surface area contributed by atoms with E-state index in [9.17, 15) is 9.59 Å². The number of ether oxygens (including phenoxy) is 1. The third-order valence-electron chi connectivity index (χ3n) is 6.11. The predicted octanol–water partition coefficient (Wildman–Crippen LogP) is 4.90. The van der Waals surface area contributed by atoms with Crippen LogP contribution in [0.4, 0.5) is 0 Å². The highest BCUT2D eigenvalue weighted by molar-refractivity contribution is 6.30. The Bertz CT molecular complexity index is 909. The molecule has 0 spiro atoms. The van der Waals surface area contributed by atoms with Crippen LogP contribution < -0.4 is 4.74 Å². The van der Waals surface area contributed by atoms with Gasteiger partial charge in [0.25, 0.3) is 11.8 Å². The van der Waals surface area contributed by atoms with E-state index in [0.29, 0.717) is 35.1 Å². The Hall–Kier alpha value is -2.53. The van der Waals surface area contributed by atoms with E-state index in [2.05, 4.69) is 0 Å². The molecule has 4 rings (SSSR count). The van der Waals surface area contributed by atoms with Gasteiger partial charge in [-0.3, -0.25) is 9.59 Å². The molecule has 0 N–H and O–H groups in total. The lowest BCUT2D eigenvalue weighted by Gasteiger charge is -2.32. The van der Waals surface area contributed by atoms with Crippen LogP contribution in [0.15, 0.2) is 48.5 Å². The summed E-state index contributed by atoms with van der Waals surface area (Å²) in [6.07, 6.45) is 5.34. The van der Waals surface area contributed by atoms with Gasteiger partial charge in [-0.2, -0.15) is 0 Å². The molecule has 5 nitrogen and oxygen atoms in total. The zero-order chi connectivity index (χ0) is 21.6. The van der Waals surface area contributed by atoms with Crippen molar-refractivity contribution in [1.82, 2.24) is 9.80 Å². The smallest absolute Gasteiger partial charge is 0.253 e. The molecule has 2 aromatic carbocycles. The molecular formula is C25H29ClN2O3. The monoisotopic (exact) mass is 440 g/mol. The van der Waals surface area contributed by atoms with Gasteiger partial charge in [0, 0.05) is 48.2 Å². The summed E-state index contributed by atoms with van der Waals surface area (Å²) in [7, 11) is 0. The summed E-state index contributed by atoms with van der Waals surface area (Å²) >= 11 is 5.93. The van der Waals surface area contributed by atoms with Gasteiger partial charge in [-0.25, -0.2) is 0 Å². The molecule has 0 radical (unpaired) electrons. The number of hydrogen-bond acceptors (Lipinski definition) is 3. The van der Waals surface area contributed by atoms with Crippen molar-refractivity contribution in [2.45, 2.75) is 32.1 Å². The molecule has 2 aliphatic heterocycles. The third-order valence-corrected chi connectivity index (χ3v) is 6.36. The number of amides is 2. The Morgan fingerprint density at radius 2 is 1.58 bits per heavy atom. The highest BCUT2D eigenvalue weighted by Gasteiger charge is 2.25. The molecule has 164 valence electrons. The second-order valence-electron chi connectivity index (χ2n) is 8.46. The third kappa shape index (κ3) is 5.59. The van der Waals surface area contributed by atoms with E-state index in [1.807, 2.05) is 34.1 Å². The molecule has 2 aliphatic rings. The average molecular weight is 441 g/mol. The van der Waals surface area contributed by atoms with Crippen molar-refractivity contribution in [3.8, 4) is 5.75 Å². The van der Waals surface area contributed by atoms with Crippen molar-refractivity contribution >= 4 is 23.4 Å². The van der Waals surface area contributed by atoms with Gasteiger partial charge in [0.05, 0.1) is 6.61 Å². The molecule has 1 atom stereocenters. The molecule has 2 aromatic rings. The molecule has 2 saturated heterocycles. The number of benzene rings is 2. The van der Waals surface area contributed by atoms with E-state index in [4.69, 9.17) is 16.3 Å². The average Bonchev–Trinajstić information content (AvgIpc) is 2.83. The van der Waals surface area contributed by atoms with Crippen LogP contribution >= 0.6 is 11.6 Å². The zero-order valence-electron chi connectivity index (χ0n) is 17.8. The summed E-state index contributed by atoms with van der Waals surface area (Å²) in [6, 6.07) is 14.5. The molecule has 0 saturated carbocycles. The molecule has 0 aromatic heterocycles. The van der Waals surface area contributed by atoms with Gasteiger partial charge in [0.2, 0.25) is 0 Å². The van der Waals surface area contributed by atoms with E-state index < -0.39 is 0 Å². The number of rotatable bonds is 5. The fourth-order valence-corrected chi connectivity index (χ4v) is 4.50. The van der Waals surface area contributed by atoms with Crippen LogP contribution in [-0.2, 0) is 0 Å². The second kappa shape index (κ2) is 10.2. The fraction of sp³-hybridized carbons (Fsp3) is 0.440. The Labute approximate surface area is 188 Å². The molecule has 0 aliphatic carbocycles. The number of halogens is 1. The van der Waals surface area contributed by atoms with Crippen LogP contribution in [-0.4, -0.2) is 54.4 Å². The van der Waals surface area contributed by atoms with Gasteiger partial charge in [0.1, 0.15) is 5.75 Å². The fourth-order valence-electron chi connectivity index (χ4n) is 4.37. The molecule has 2 heterocycles. The number of hydrogen-bond donors (Lipinski definition) is 0. The molecule has 2 fully saturated rings. The van der Waals surface area contributed by atoms with Gasteiger partial charge in [0.15, 0.2) is 0 Å². The predicted molar refractivity (Wildman–Crippen MR) is 122 cm³/mol. The quantitative estimate of drug-likeness (QED) is 0.664. The molecule has 2 amide bonds. The SMILES string of the molecule is O=C(c1cccc(OCC2CCCN(C(=O)c3ccc(Cl)cc3)C2)c1)N1CCCCC1. The van der Waals surface area contributed by atoms with Crippen molar-refractivity contribution in [2.75, 3.05) is 32.8 Å². The molecular weight excluding hydrogens is 412 g/mol. The van der Waals surface area contributed by atoms with Gasteiger partial charge in [-0.05, 0) is 74.6 Å². The Morgan fingerprint density at radius 1 is 0.871 bits per heavy atom. The summed E-state index contributed by atoms with van der Waals surface area (Å²) in [5.74, 6) is 1.11. The van der Waals surface area contributed by atoms with Crippen LogP contribution in [0.3, 0.4) is 0 Å². The van der Waals surface area contributed by atoms with Crippen molar-refractivity contribution in [2.24, 2.45) is 5.92 Å². The molecule has 1 unspecified atom stereocenters. The van der Waals surface area contributed by atoms with Crippen molar-refractivity contribution in [1.29, 1.82) is 0 Å². The maximum Gasteiger partial charge on any atom is 0.253 e. The normalized spacial score (nSPS) is 19.2. The van der Waals surface area contributed by atoms with E-state index in [1.165, 1.54) is 6.42 Å². The second-order valence-corrected chi connectivity index (χ2v) is 8.89. The minimum absolute atomic E-state index is 0.0375. The van der Waals surface area contributed by atoms with Crippen LogP contribution in [0.2, 0.25) is 5.02 Å². The first-order valence-electron chi connectivity index (χ1n) is 11.2. The Morgan fingerprint density at radius 3 is 2.35 bits per heavy atom. The van der Waals surface area contributed by atoms with Gasteiger partial charge < -0.3 is 14.5 Å². The number of carbonyl (C=O) groups excluding carboxylic acids is 2. The minimum Gasteiger partial charge on any atom is -0.493 e. The lowest BCUT2D eigenvalue weighted by atomic mass is 9.98. The summed E-state index contributed by atoms with van der Waals surface area (Å²) < 4.78 is 6.05. The number of carbonyl (C=O) groups is 2. The van der Waals surface area contributed by atoms with Crippen molar-refractivity contribution in [3.63, 3.8) is 0 Å². The maximum absolute atomic E-state index is 12.8. The van der Waals surface area contributed by atoms with Crippen molar-refractivity contribution < 1.29 is 14.3 Å². The lowest BCUT2D eigenvalue weighted by molar-refractivity contribution is 0.0631. The Kier molecular flexibility index (Phi) is 7.13. The van der Waals surface area contributed by atoms with Crippen LogP contribution in [0.1, 0.15) is 52.8 Å². The molecule has 0 bridgehead atoms. The lowest BCUT2D eigenvalue weighted by Crippen LogP contribution is -2.41. The highest BCUT2D eigenvalue weighted by atomic mass is 35.5. The van der Waals surface area contributed by atoms with Crippen molar-refractivity contribution in [3.05, 3.63) is 64.7 Å². The Balaban J connectivity index is 1.33. The van der Waals surface area contributed by atoms with E-state index in [0.717, 1.165) is 45.3 Å². The number of nitrogens with zero attached hydrogens (tertiary/aromatic N) is 2. The van der Waals surface area contributed by atoms with Crippen LogP contribution in [0.5, 0.6) is 5.75 Å². The number of likely N-dealkylation sites (tertiary alicyclic amines) is 2. The van der Waals surface area contributed by atoms with Gasteiger partial charge >= 0.3 is 0 Å². The maximum atomic E-state index is 12.8. The minimum atomic E-state index is 0.0375.